The van der Waals surface area contributed by atoms with Gasteiger partial charge in [0.2, 0.25) is 0 Å². The molecule has 1 N–H and O–H groups in total. The van der Waals surface area contributed by atoms with Crippen molar-refractivity contribution in [1.82, 2.24) is 29.7 Å². The summed E-state index contributed by atoms with van der Waals surface area (Å²) in [6, 6.07) is 2.95. The van der Waals surface area contributed by atoms with Crippen molar-refractivity contribution >= 4 is 0 Å². The lowest BCUT2D eigenvalue weighted by Crippen LogP contribution is -2.46. The molecule has 4 rings (SSSR count). The zero-order valence-corrected chi connectivity index (χ0v) is 15.9. The number of hydrogen-bond acceptors (Lipinski definition) is 5. The third-order valence-electron chi connectivity index (χ3n) is 5.81. The number of nitrogens with zero attached hydrogens (tertiary/aromatic N) is 6. The van der Waals surface area contributed by atoms with Crippen molar-refractivity contribution in [2.75, 3.05) is 13.1 Å². The second kappa shape index (κ2) is 7.12. The van der Waals surface area contributed by atoms with E-state index in [-0.39, 0.29) is 6.04 Å². The number of piperidine rings is 1. The molecule has 2 aliphatic rings. The van der Waals surface area contributed by atoms with Crippen LogP contribution in [0.1, 0.15) is 75.8 Å². The van der Waals surface area contributed by atoms with Crippen LogP contribution in [0.2, 0.25) is 0 Å². The Labute approximate surface area is 155 Å². The first-order valence-corrected chi connectivity index (χ1v) is 9.94. The van der Waals surface area contributed by atoms with Gasteiger partial charge in [-0.3, -0.25) is 9.58 Å². The van der Waals surface area contributed by atoms with Gasteiger partial charge in [0, 0.05) is 25.3 Å². The molecule has 0 amide bonds. The second-order valence-electron chi connectivity index (χ2n) is 8.25. The van der Waals surface area contributed by atoms with Crippen LogP contribution < -0.4 is 0 Å². The van der Waals surface area contributed by atoms with Crippen molar-refractivity contribution in [1.29, 1.82) is 0 Å². The molecule has 0 bridgehead atoms. The molecule has 0 aromatic carbocycles. The number of likely N-dealkylation sites (tertiary alicyclic amines) is 1. The van der Waals surface area contributed by atoms with Gasteiger partial charge in [0.1, 0.15) is 11.3 Å². The van der Waals surface area contributed by atoms with E-state index < -0.39 is 5.60 Å². The summed E-state index contributed by atoms with van der Waals surface area (Å²) < 4.78 is 3.96. The van der Waals surface area contributed by atoms with Crippen molar-refractivity contribution < 1.29 is 5.11 Å². The highest BCUT2D eigenvalue weighted by Gasteiger charge is 2.37. The molecule has 2 aromatic heterocycles. The summed E-state index contributed by atoms with van der Waals surface area (Å²) in [5.74, 6) is 0. The third-order valence-corrected chi connectivity index (χ3v) is 5.81. The summed E-state index contributed by atoms with van der Waals surface area (Å²) >= 11 is 0. The molecule has 7 nitrogen and oxygen atoms in total. The van der Waals surface area contributed by atoms with Crippen LogP contribution in [-0.2, 0) is 12.1 Å². The molecule has 0 spiro atoms. The lowest BCUT2D eigenvalue weighted by Gasteiger charge is -2.37. The highest BCUT2D eigenvalue weighted by atomic mass is 16.3. The van der Waals surface area contributed by atoms with E-state index in [0.717, 1.165) is 31.6 Å². The predicted octanol–water partition coefficient (Wildman–Crippen LogP) is 2.65. The number of hydrogen-bond donors (Lipinski definition) is 1. The topological polar surface area (TPSA) is 72.0 Å². The zero-order valence-electron chi connectivity index (χ0n) is 15.9. The van der Waals surface area contributed by atoms with Crippen molar-refractivity contribution in [3.8, 4) is 0 Å². The van der Waals surface area contributed by atoms with Gasteiger partial charge >= 0.3 is 0 Å². The fourth-order valence-electron chi connectivity index (χ4n) is 4.27. The van der Waals surface area contributed by atoms with Gasteiger partial charge in [0.15, 0.2) is 0 Å². The minimum absolute atomic E-state index is 0.249. The number of aliphatic hydroxyl groups is 1. The highest BCUT2D eigenvalue weighted by molar-refractivity contribution is 5.11. The van der Waals surface area contributed by atoms with Gasteiger partial charge in [-0.2, -0.15) is 5.10 Å². The largest absolute Gasteiger partial charge is 0.382 e. The Hall–Kier alpha value is -1.73. The van der Waals surface area contributed by atoms with Crippen LogP contribution >= 0.6 is 0 Å². The van der Waals surface area contributed by atoms with Crippen LogP contribution in [0.5, 0.6) is 0 Å². The lowest BCUT2D eigenvalue weighted by molar-refractivity contribution is -0.0418. The summed E-state index contributed by atoms with van der Waals surface area (Å²) in [5.41, 5.74) is 0.860. The van der Waals surface area contributed by atoms with E-state index in [1.807, 2.05) is 10.9 Å². The summed E-state index contributed by atoms with van der Waals surface area (Å²) in [7, 11) is 0. The fourth-order valence-corrected chi connectivity index (χ4v) is 4.27. The molecule has 26 heavy (non-hydrogen) atoms. The van der Waals surface area contributed by atoms with Crippen molar-refractivity contribution in [2.24, 2.45) is 0 Å². The third kappa shape index (κ3) is 3.55. The summed E-state index contributed by atoms with van der Waals surface area (Å²) in [6.45, 7) is 6.48. The SMILES string of the molecule is CC(C)n1cc([C@]2(O)CCCN(Cc3ccn(C4CCCC4)n3)C2)nn1. The maximum Gasteiger partial charge on any atom is 0.123 e. The van der Waals surface area contributed by atoms with Crippen molar-refractivity contribution in [2.45, 2.75) is 76.6 Å². The van der Waals surface area contributed by atoms with Gasteiger partial charge in [-0.25, -0.2) is 4.68 Å². The number of β-amino-alcohol motifs (C(OH)–C–C–N with tert-alkyl or cyclic N) is 1. The van der Waals surface area contributed by atoms with Crippen LogP contribution in [0.15, 0.2) is 18.5 Å². The van der Waals surface area contributed by atoms with Gasteiger partial charge in [-0.1, -0.05) is 18.1 Å². The first-order valence-electron chi connectivity index (χ1n) is 9.94. The zero-order chi connectivity index (χ0) is 18.1. The summed E-state index contributed by atoms with van der Waals surface area (Å²) in [4.78, 5) is 2.29. The van der Waals surface area contributed by atoms with E-state index in [1.54, 1.807) is 0 Å². The molecule has 0 unspecified atom stereocenters. The Morgan fingerprint density at radius 3 is 2.81 bits per heavy atom. The maximum absolute atomic E-state index is 11.2. The van der Waals surface area contributed by atoms with Crippen LogP contribution in [0.3, 0.4) is 0 Å². The van der Waals surface area contributed by atoms with Gasteiger partial charge in [-0.15, -0.1) is 5.10 Å². The van der Waals surface area contributed by atoms with Gasteiger partial charge in [0.05, 0.1) is 17.9 Å². The first-order chi connectivity index (χ1) is 12.5. The molecule has 7 heteroatoms. The Balaban J connectivity index is 1.43. The Morgan fingerprint density at radius 2 is 2.08 bits per heavy atom. The average Bonchev–Trinajstić information content (AvgIpc) is 3.36. The van der Waals surface area contributed by atoms with E-state index in [4.69, 9.17) is 5.10 Å². The van der Waals surface area contributed by atoms with Crippen LogP contribution in [-0.4, -0.2) is 47.9 Å². The molecule has 1 aliphatic carbocycles. The molecule has 1 atom stereocenters. The first kappa shape index (κ1) is 17.7. The Morgan fingerprint density at radius 1 is 1.27 bits per heavy atom. The Bertz CT molecular complexity index is 732. The monoisotopic (exact) mass is 358 g/mol. The van der Waals surface area contributed by atoms with Crippen LogP contribution in [0, 0.1) is 0 Å². The van der Waals surface area contributed by atoms with E-state index >= 15 is 0 Å². The van der Waals surface area contributed by atoms with E-state index in [2.05, 4.69) is 46.0 Å². The van der Waals surface area contributed by atoms with Crippen LogP contribution in [0.25, 0.3) is 0 Å². The predicted molar refractivity (Wildman–Crippen MR) is 98.5 cm³/mol. The van der Waals surface area contributed by atoms with Crippen LogP contribution in [0.4, 0.5) is 0 Å². The summed E-state index contributed by atoms with van der Waals surface area (Å²) in [5, 5.41) is 24.4. The molecule has 2 aromatic rings. The molecular formula is C19H30N6O. The smallest absolute Gasteiger partial charge is 0.123 e. The standard InChI is InChI=1S/C19H30N6O/c1-15(2)25-13-18(20-22-25)19(26)9-5-10-23(14-19)12-16-8-11-24(21-16)17-6-3-4-7-17/h8,11,13,15,17,26H,3-7,9-10,12,14H2,1-2H3/t19-/m0/s1. The van der Waals surface area contributed by atoms with E-state index in [1.165, 1.54) is 25.7 Å². The quantitative estimate of drug-likeness (QED) is 0.890. The van der Waals surface area contributed by atoms with Gasteiger partial charge in [0.25, 0.3) is 0 Å². The van der Waals surface area contributed by atoms with Gasteiger partial charge in [-0.05, 0) is 52.1 Å². The van der Waals surface area contributed by atoms with E-state index in [0.29, 0.717) is 18.3 Å². The minimum atomic E-state index is -0.917. The molecule has 2 fully saturated rings. The minimum Gasteiger partial charge on any atom is -0.382 e. The Kier molecular flexibility index (Phi) is 4.84. The number of rotatable bonds is 5. The van der Waals surface area contributed by atoms with Crippen molar-refractivity contribution in [3.63, 3.8) is 0 Å². The normalized spacial score (nSPS) is 25.4. The molecule has 142 valence electrons. The lowest BCUT2D eigenvalue weighted by atomic mass is 9.90. The molecule has 3 heterocycles. The molecule has 1 saturated heterocycles. The molecule has 0 radical (unpaired) electrons. The van der Waals surface area contributed by atoms with Gasteiger partial charge < -0.3 is 5.11 Å². The molecule has 1 aliphatic heterocycles. The van der Waals surface area contributed by atoms with E-state index in [9.17, 15) is 5.11 Å². The maximum atomic E-state index is 11.2. The fraction of sp³-hybridized carbons (Fsp3) is 0.737. The number of aromatic nitrogens is 5. The average molecular weight is 358 g/mol. The second-order valence-corrected chi connectivity index (χ2v) is 8.25. The summed E-state index contributed by atoms with van der Waals surface area (Å²) in [6.07, 6.45) is 10.8. The van der Waals surface area contributed by atoms with Crippen molar-refractivity contribution in [3.05, 3.63) is 29.8 Å². The highest BCUT2D eigenvalue weighted by Crippen LogP contribution is 2.32. The molecular weight excluding hydrogens is 328 g/mol. The molecule has 1 saturated carbocycles.